The van der Waals surface area contributed by atoms with Crippen LogP contribution in [0, 0.1) is 27.7 Å². The molecule has 4 heteroatoms. The minimum absolute atomic E-state index is 0.223. The van der Waals surface area contributed by atoms with Gasteiger partial charge in [0.25, 0.3) is 0 Å². The molecule has 0 unspecified atom stereocenters. The van der Waals surface area contributed by atoms with Crippen LogP contribution in [-0.4, -0.2) is 5.11 Å². The molecule has 0 aliphatic rings. The van der Waals surface area contributed by atoms with Gasteiger partial charge in [0.1, 0.15) is 11.3 Å². The van der Waals surface area contributed by atoms with Crippen LogP contribution in [0.5, 0.6) is 5.75 Å². The van der Waals surface area contributed by atoms with E-state index < -0.39 is 0 Å². The number of phenols is 1. The summed E-state index contributed by atoms with van der Waals surface area (Å²) in [6.45, 7) is 17.7. The Balaban J connectivity index is 1.03. The van der Waals surface area contributed by atoms with Crippen molar-refractivity contribution in [2.45, 2.75) is 67.2 Å². The van der Waals surface area contributed by atoms with Gasteiger partial charge in [-0.05, 0) is 159 Å². The molecule has 1 N–H and O–H groups in total. The molecular formula is C74H62N2O2. The van der Waals surface area contributed by atoms with Crippen LogP contribution in [0.4, 0.5) is 34.1 Å². The molecule has 78 heavy (non-hydrogen) atoms. The Bertz CT molecular complexity index is 4480. The fraction of sp³-hybridized carbons (Fsp3) is 0.135. The first-order chi connectivity index (χ1) is 37.9. The minimum Gasteiger partial charge on any atom is -0.505 e. The van der Waals surface area contributed by atoms with Crippen molar-refractivity contribution >= 4 is 88.4 Å². The van der Waals surface area contributed by atoms with Crippen LogP contribution in [0.15, 0.2) is 217 Å². The van der Waals surface area contributed by atoms with Crippen LogP contribution in [0.2, 0.25) is 0 Å². The maximum absolute atomic E-state index is 12.9. The molecule has 0 saturated heterocycles. The highest BCUT2D eigenvalue weighted by atomic mass is 16.3. The molecule has 13 rings (SSSR count). The normalized spacial score (nSPS) is 11.9. The molecule has 0 spiro atoms. The van der Waals surface area contributed by atoms with Gasteiger partial charge in [0.15, 0.2) is 5.58 Å². The Morgan fingerprint density at radius 2 is 0.808 bits per heavy atom. The Labute approximate surface area is 457 Å². The lowest BCUT2D eigenvalue weighted by atomic mass is 9.90. The molecule has 0 saturated carbocycles. The van der Waals surface area contributed by atoms with E-state index in [0.717, 1.165) is 111 Å². The van der Waals surface area contributed by atoms with Crippen molar-refractivity contribution < 1.29 is 9.52 Å². The highest BCUT2D eigenvalue weighted by molar-refractivity contribution is 6.28. The van der Waals surface area contributed by atoms with Crippen LogP contribution in [0.25, 0.3) is 87.6 Å². The molecule has 0 radical (unpaired) electrons. The molecule has 12 aromatic carbocycles. The van der Waals surface area contributed by atoms with E-state index in [2.05, 4.69) is 271 Å². The largest absolute Gasteiger partial charge is 0.505 e. The monoisotopic (exact) mass is 1010 g/mol. The third-order valence-electron chi connectivity index (χ3n) is 16.3. The first kappa shape index (κ1) is 48.5. The van der Waals surface area contributed by atoms with E-state index in [4.69, 9.17) is 4.42 Å². The Morgan fingerprint density at radius 3 is 1.42 bits per heavy atom. The van der Waals surface area contributed by atoms with E-state index in [-0.39, 0.29) is 5.75 Å². The topological polar surface area (TPSA) is 39.9 Å². The lowest BCUT2D eigenvalue weighted by molar-refractivity contribution is 0.478. The number of hydrogen-bond acceptors (Lipinski definition) is 4. The molecule has 4 nitrogen and oxygen atoms in total. The molecule has 0 amide bonds. The van der Waals surface area contributed by atoms with Gasteiger partial charge in [0, 0.05) is 44.0 Å². The van der Waals surface area contributed by atoms with Gasteiger partial charge in [-0.3, -0.25) is 0 Å². The lowest BCUT2D eigenvalue weighted by Crippen LogP contribution is -2.13. The second-order valence-electron chi connectivity index (χ2n) is 22.0. The molecule has 0 aliphatic heterocycles. The van der Waals surface area contributed by atoms with Crippen LogP contribution in [-0.2, 0) is 0 Å². The Morgan fingerprint density at radius 1 is 0.346 bits per heavy atom. The number of aryl methyl sites for hydroxylation is 4. The molecule has 13 aromatic rings. The van der Waals surface area contributed by atoms with Crippen LogP contribution >= 0.6 is 0 Å². The third-order valence-corrected chi connectivity index (χ3v) is 16.3. The number of furan rings is 1. The molecule has 380 valence electrons. The quantitative estimate of drug-likeness (QED) is 0.131. The number of anilines is 6. The number of nitrogens with zero attached hydrogens (tertiary/aromatic N) is 2. The number of benzene rings is 12. The highest BCUT2D eigenvalue weighted by Gasteiger charge is 2.28. The second kappa shape index (κ2) is 19.2. The first-order valence-electron chi connectivity index (χ1n) is 27.4. The summed E-state index contributed by atoms with van der Waals surface area (Å²) >= 11 is 0. The van der Waals surface area contributed by atoms with Gasteiger partial charge in [-0.1, -0.05) is 198 Å². The molecule has 0 bridgehead atoms. The van der Waals surface area contributed by atoms with Gasteiger partial charge < -0.3 is 19.3 Å². The van der Waals surface area contributed by atoms with Crippen molar-refractivity contribution in [1.29, 1.82) is 0 Å². The van der Waals surface area contributed by atoms with E-state index in [1.165, 1.54) is 38.6 Å². The van der Waals surface area contributed by atoms with E-state index >= 15 is 0 Å². The maximum Gasteiger partial charge on any atom is 0.159 e. The molecule has 1 heterocycles. The van der Waals surface area contributed by atoms with Gasteiger partial charge in [0.05, 0.1) is 22.7 Å². The average Bonchev–Trinajstić information content (AvgIpc) is 3.88. The van der Waals surface area contributed by atoms with E-state index in [1.54, 1.807) is 0 Å². The third kappa shape index (κ3) is 7.97. The summed E-state index contributed by atoms with van der Waals surface area (Å²) in [5.74, 6) is 0.939. The number of phenolic OH excluding ortho intramolecular Hbond substituents is 1. The first-order valence-corrected chi connectivity index (χ1v) is 27.4. The van der Waals surface area contributed by atoms with Gasteiger partial charge in [-0.2, -0.15) is 0 Å². The SMILES string of the molecule is Cc1ccc(C)c(N(c2cccc(-c3cccc(-c4ccccc4C(C)C)c3)c2O)c2ccc3ccc4c(N(c5cc(C)ccc5C)c5cccc6c5oc5c(-c7ccccc7C(C)C)cccc56)ccc5ccc2c3c54)c1. The summed E-state index contributed by atoms with van der Waals surface area (Å²) in [4.78, 5) is 4.72. The number of para-hydroxylation sites is 3. The van der Waals surface area contributed by atoms with Crippen LogP contribution < -0.4 is 9.80 Å². The summed E-state index contributed by atoms with van der Waals surface area (Å²) in [7, 11) is 0. The van der Waals surface area contributed by atoms with Crippen LogP contribution in [0.1, 0.15) is 72.9 Å². The van der Waals surface area contributed by atoms with Crippen molar-refractivity contribution in [2.24, 2.45) is 0 Å². The molecule has 0 aliphatic carbocycles. The van der Waals surface area contributed by atoms with Crippen molar-refractivity contribution in [3.63, 3.8) is 0 Å². The molecule has 0 fully saturated rings. The van der Waals surface area contributed by atoms with E-state index in [0.29, 0.717) is 17.5 Å². The van der Waals surface area contributed by atoms with Gasteiger partial charge in [0.2, 0.25) is 0 Å². The molecule has 1 aromatic heterocycles. The average molecular weight is 1010 g/mol. The van der Waals surface area contributed by atoms with Crippen LogP contribution in [0.3, 0.4) is 0 Å². The zero-order valence-electron chi connectivity index (χ0n) is 45.6. The second-order valence-corrected chi connectivity index (χ2v) is 22.0. The summed E-state index contributed by atoms with van der Waals surface area (Å²) in [5.41, 5.74) is 21.1. The highest BCUT2D eigenvalue weighted by Crippen LogP contribution is 2.52. The van der Waals surface area contributed by atoms with Gasteiger partial charge in [-0.15, -0.1) is 0 Å². The maximum atomic E-state index is 12.9. The van der Waals surface area contributed by atoms with Crippen molar-refractivity contribution in [2.75, 3.05) is 9.80 Å². The number of fused-ring (bicyclic) bond motifs is 3. The Kier molecular flexibility index (Phi) is 11.9. The van der Waals surface area contributed by atoms with Crippen molar-refractivity contribution in [3.05, 3.63) is 246 Å². The minimum atomic E-state index is 0.223. The smallest absolute Gasteiger partial charge is 0.159 e. The fourth-order valence-corrected chi connectivity index (χ4v) is 12.4. The number of aromatic hydroxyl groups is 1. The fourth-order valence-electron chi connectivity index (χ4n) is 12.4. The summed E-state index contributed by atoms with van der Waals surface area (Å²) < 4.78 is 7.29. The molecule has 0 atom stereocenters. The predicted molar refractivity (Wildman–Crippen MR) is 332 cm³/mol. The number of hydrogen-bond donors (Lipinski definition) is 1. The van der Waals surface area contributed by atoms with Gasteiger partial charge >= 0.3 is 0 Å². The lowest BCUT2D eigenvalue weighted by Gasteiger charge is -2.31. The Hall–Kier alpha value is -9.12. The summed E-state index contributed by atoms with van der Waals surface area (Å²) in [5, 5.41) is 21.9. The zero-order valence-corrected chi connectivity index (χ0v) is 45.6. The van der Waals surface area contributed by atoms with E-state index in [1.807, 2.05) is 6.07 Å². The standard InChI is InChI=1S/C74H62N2O2/c1-44(2)54-19-9-11-21-56(54)52-17-13-18-53(43-52)57-23-15-27-66(72(57)77)75(68-41-46(5)29-31-48(68)7)64-39-35-50-34-38-63-65(40-36-51-33-37-62(64)70(50)71(51)63)76(69-42-47(6)30-32-49(69)8)67-28-16-26-61-60-25-14-24-59(73(60)78-74(61)67)58-22-12-10-20-55(58)45(3)4/h9-45,77H,1-8H3. The number of rotatable bonds is 11. The van der Waals surface area contributed by atoms with Gasteiger partial charge in [-0.25, -0.2) is 0 Å². The molecular weight excluding hydrogens is 949 g/mol. The summed E-state index contributed by atoms with van der Waals surface area (Å²) in [6.07, 6.45) is 0. The van der Waals surface area contributed by atoms with E-state index in [9.17, 15) is 5.11 Å². The predicted octanol–water partition coefficient (Wildman–Crippen LogP) is 21.6. The van der Waals surface area contributed by atoms with Crippen molar-refractivity contribution in [3.8, 4) is 39.1 Å². The zero-order chi connectivity index (χ0) is 53.5. The summed E-state index contributed by atoms with van der Waals surface area (Å²) in [6, 6.07) is 76.9. The van der Waals surface area contributed by atoms with Crippen molar-refractivity contribution in [1.82, 2.24) is 0 Å².